The number of esters is 2. The highest BCUT2D eigenvalue weighted by atomic mass is 16.5. The van der Waals surface area contributed by atoms with Crippen LogP contribution in [0.5, 0.6) is 0 Å². The Balaban J connectivity index is 3.84. The molecule has 0 bridgehead atoms. The molecule has 0 amide bonds. The molecule has 0 spiro atoms. The van der Waals surface area contributed by atoms with Crippen LogP contribution in [-0.4, -0.2) is 75.2 Å². The van der Waals surface area contributed by atoms with Gasteiger partial charge in [0.1, 0.15) is 0 Å². The van der Waals surface area contributed by atoms with E-state index >= 15 is 0 Å². The fourth-order valence-corrected chi connectivity index (χ4v) is 4.06. The van der Waals surface area contributed by atoms with Crippen LogP contribution in [0.1, 0.15) is 117 Å². The molecular formula is C30H58N2O4. The lowest BCUT2D eigenvalue weighted by Crippen LogP contribution is -2.31. The molecule has 0 N–H and O–H groups in total. The molecule has 0 aromatic heterocycles. The normalized spacial score (nSPS) is 11.3. The lowest BCUT2D eigenvalue weighted by Gasteiger charge is -2.23. The topological polar surface area (TPSA) is 59.1 Å². The van der Waals surface area contributed by atoms with Gasteiger partial charge in [0.25, 0.3) is 0 Å². The molecule has 36 heavy (non-hydrogen) atoms. The largest absolute Gasteiger partial charge is 0.466 e. The van der Waals surface area contributed by atoms with Gasteiger partial charge >= 0.3 is 11.9 Å². The lowest BCUT2D eigenvalue weighted by molar-refractivity contribution is -0.144. The van der Waals surface area contributed by atoms with Gasteiger partial charge in [-0.3, -0.25) is 9.59 Å². The molecule has 0 saturated heterocycles. The first-order valence-corrected chi connectivity index (χ1v) is 14.7. The van der Waals surface area contributed by atoms with E-state index in [2.05, 4.69) is 37.4 Å². The third-order valence-corrected chi connectivity index (χ3v) is 6.37. The highest BCUT2D eigenvalue weighted by molar-refractivity contribution is 5.69. The van der Waals surface area contributed by atoms with E-state index < -0.39 is 0 Å². The van der Waals surface area contributed by atoms with Gasteiger partial charge in [-0.05, 0) is 66.3 Å². The first kappa shape index (κ1) is 34.6. The lowest BCUT2D eigenvalue weighted by atomic mass is 10.1. The smallest absolute Gasteiger partial charge is 0.307 e. The second-order valence-corrected chi connectivity index (χ2v) is 10.5. The van der Waals surface area contributed by atoms with Crippen LogP contribution in [0.2, 0.25) is 0 Å². The summed E-state index contributed by atoms with van der Waals surface area (Å²) in [5, 5.41) is 0. The van der Waals surface area contributed by atoms with Crippen LogP contribution >= 0.6 is 0 Å². The summed E-state index contributed by atoms with van der Waals surface area (Å²) in [5.74, 6) is -0.138. The van der Waals surface area contributed by atoms with Crippen LogP contribution < -0.4 is 0 Å². The van der Waals surface area contributed by atoms with Crippen molar-refractivity contribution >= 4 is 11.9 Å². The zero-order valence-electron chi connectivity index (χ0n) is 24.3. The maximum absolute atomic E-state index is 12.0. The van der Waals surface area contributed by atoms with E-state index in [-0.39, 0.29) is 11.9 Å². The van der Waals surface area contributed by atoms with Gasteiger partial charge < -0.3 is 19.3 Å². The van der Waals surface area contributed by atoms with Gasteiger partial charge in [-0.25, -0.2) is 0 Å². The summed E-state index contributed by atoms with van der Waals surface area (Å²) < 4.78 is 10.7. The van der Waals surface area contributed by atoms with Crippen molar-refractivity contribution < 1.29 is 19.1 Å². The second kappa shape index (κ2) is 25.3. The Morgan fingerprint density at radius 2 is 1.17 bits per heavy atom. The van der Waals surface area contributed by atoms with Crippen molar-refractivity contribution in [2.75, 3.05) is 53.5 Å². The molecule has 6 heteroatoms. The molecule has 0 aromatic carbocycles. The SMILES string of the molecule is C=C(C)CCOC(=O)CCN(CCCCCCCCOC(=O)CCCCCCCC)CCCN(C)C. The number of carbonyl (C=O) groups is 2. The summed E-state index contributed by atoms with van der Waals surface area (Å²) in [6, 6.07) is 0. The van der Waals surface area contributed by atoms with Crippen LogP contribution in [0, 0.1) is 0 Å². The highest BCUT2D eigenvalue weighted by Gasteiger charge is 2.10. The van der Waals surface area contributed by atoms with E-state index in [1.165, 1.54) is 44.9 Å². The zero-order chi connectivity index (χ0) is 26.9. The van der Waals surface area contributed by atoms with Gasteiger partial charge in [-0.1, -0.05) is 70.3 Å². The number of rotatable bonds is 26. The molecule has 0 aliphatic rings. The summed E-state index contributed by atoms with van der Waals surface area (Å²) in [6.45, 7) is 12.9. The summed E-state index contributed by atoms with van der Waals surface area (Å²) in [6.07, 6.45) is 16.9. The zero-order valence-corrected chi connectivity index (χ0v) is 24.3. The van der Waals surface area contributed by atoms with Gasteiger partial charge in [0.2, 0.25) is 0 Å². The van der Waals surface area contributed by atoms with E-state index in [1.807, 2.05) is 6.92 Å². The summed E-state index contributed by atoms with van der Waals surface area (Å²) in [7, 11) is 4.19. The maximum atomic E-state index is 12.0. The van der Waals surface area contributed by atoms with Crippen molar-refractivity contribution in [3.05, 3.63) is 12.2 Å². The molecule has 0 heterocycles. The Hall–Kier alpha value is -1.40. The van der Waals surface area contributed by atoms with Crippen molar-refractivity contribution in [1.82, 2.24) is 9.80 Å². The fourth-order valence-electron chi connectivity index (χ4n) is 4.06. The van der Waals surface area contributed by atoms with Crippen LogP contribution in [0.25, 0.3) is 0 Å². The summed E-state index contributed by atoms with van der Waals surface area (Å²) in [5.41, 5.74) is 1.04. The Labute approximate surface area is 223 Å². The number of hydrogen-bond acceptors (Lipinski definition) is 6. The summed E-state index contributed by atoms with van der Waals surface area (Å²) in [4.78, 5) is 28.4. The minimum Gasteiger partial charge on any atom is -0.466 e. The number of nitrogens with zero attached hydrogens (tertiary/aromatic N) is 2. The Kier molecular flexibility index (Phi) is 24.3. The van der Waals surface area contributed by atoms with E-state index in [1.54, 1.807) is 0 Å². The minimum atomic E-state index is -0.110. The van der Waals surface area contributed by atoms with Crippen LogP contribution in [0.4, 0.5) is 0 Å². The molecule has 0 unspecified atom stereocenters. The first-order valence-electron chi connectivity index (χ1n) is 14.7. The van der Waals surface area contributed by atoms with Gasteiger partial charge in [0.15, 0.2) is 0 Å². The van der Waals surface area contributed by atoms with E-state index in [0.29, 0.717) is 26.1 Å². The van der Waals surface area contributed by atoms with Crippen molar-refractivity contribution in [2.45, 2.75) is 117 Å². The highest BCUT2D eigenvalue weighted by Crippen LogP contribution is 2.10. The average molecular weight is 511 g/mol. The van der Waals surface area contributed by atoms with Crippen molar-refractivity contribution in [3.8, 4) is 0 Å². The van der Waals surface area contributed by atoms with Crippen LogP contribution in [0.3, 0.4) is 0 Å². The Bertz CT molecular complexity index is 551. The van der Waals surface area contributed by atoms with Crippen LogP contribution in [-0.2, 0) is 19.1 Å². The summed E-state index contributed by atoms with van der Waals surface area (Å²) >= 11 is 0. The molecule has 0 rings (SSSR count). The first-order chi connectivity index (χ1) is 17.3. The van der Waals surface area contributed by atoms with Gasteiger partial charge in [-0.15, -0.1) is 6.58 Å². The molecule has 0 aliphatic carbocycles. The molecule has 0 aromatic rings. The molecular weight excluding hydrogens is 452 g/mol. The molecule has 0 fully saturated rings. The van der Waals surface area contributed by atoms with Crippen molar-refractivity contribution in [2.24, 2.45) is 0 Å². The number of carbonyl (C=O) groups excluding carboxylic acids is 2. The monoisotopic (exact) mass is 510 g/mol. The number of hydrogen-bond donors (Lipinski definition) is 0. The molecule has 212 valence electrons. The number of ether oxygens (including phenoxy) is 2. The molecule has 0 aliphatic heterocycles. The van der Waals surface area contributed by atoms with E-state index in [0.717, 1.165) is 76.7 Å². The third-order valence-electron chi connectivity index (χ3n) is 6.37. The van der Waals surface area contributed by atoms with E-state index in [4.69, 9.17) is 9.47 Å². The molecule has 0 saturated carbocycles. The quantitative estimate of drug-likeness (QED) is 0.0727. The predicted octanol–water partition coefficient (Wildman–Crippen LogP) is 6.77. The Morgan fingerprint density at radius 3 is 1.83 bits per heavy atom. The number of unbranched alkanes of at least 4 members (excludes halogenated alkanes) is 10. The molecule has 6 nitrogen and oxygen atoms in total. The van der Waals surface area contributed by atoms with Gasteiger partial charge in [0.05, 0.1) is 19.6 Å². The fraction of sp³-hybridized carbons (Fsp3) is 0.867. The minimum absolute atomic E-state index is 0.0282. The van der Waals surface area contributed by atoms with E-state index in [9.17, 15) is 9.59 Å². The van der Waals surface area contributed by atoms with Crippen molar-refractivity contribution in [1.29, 1.82) is 0 Å². The van der Waals surface area contributed by atoms with Gasteiger partial charge in [-0.2, -0.15) is 0 Å². The molecule has 0 radical (unpaired) electrons. The average Bonchev–Trinajstić information content (AvgIpc) is 2.82. The second-order valence-electron chi connectivity index (χ2n) is 10.5. The standard InChI is InChI=1S/C30H58N2O4/c1-6-7-8-9-12-15-19-29(33)35-26-17-14-11-10-13-16-23-32(24-18-22-31(4)5)25-20-30(34)36-27-21-28(2)3/h2,6-27H2,1,3-5H3. The maximum Gasteiger partial charge on any atom is 0.307 e. The molecule has 0 atom stereocenters. The van der Waals surface area contributed by atoms with Crippen LogP contribution in [0.15, 0.2) is 12.2 Å². The van der Waals surface area contributed by atoms with Gasteiger partial charge in [0, 0.05) is 19.4 Å². The third kappa shape index (κ3) is 25.7. The Morgan fingerprint density at radius 1 is 0.611 bits per heavy atom. The van der Waals surface area contributed by atoms with Crippen molar-refractivity contribution in [3.63, 3.8) is 0 Å². The predicted molar refractivity (Wildman–Crippen MR) is 151 cm³/mol.